The second-order valence-electron chi connectivity index (χ2n) is 1.62. The van der Waals surface area contributed by atoms with Crippen molar-refractivity contribution in [2.75, 3.05) is 13.1 Å². The molecule has 40 valence electrons. The van der Waals surface area contributed by atoms with Crippen LogP contribution in [0.2, 0.25) is 0 Å². The number of thiol groups is 1. The summed E-state index contributed by atoms with van der Waals surface area (Å²) in [6, 6.07) is 0. The van der Waals surface area contributed by atoms with E-state index in [0.29, 0.717) is 0 Å². The zero-order valence-corrected chi connectivity index (χ0v) is 4.82. The molecule has 0 bridgehead atoms. The summed E-state index contributed by atoms with van der Waals surface area (Å²) in [5, 5.41) is -0.0914. The summed E-state index contributed by atoms with van der Waals surface area (Å²) in [5.41, 5.74) is 0. The Morgan fingerprint density at radius 3 is 2.14 bits per heavy atom. The van der Waals surface area contributed by atoms with Gasteiger partial charge >= 0.3 is 0 Å². The lowest BCUT2D eigenvalue weighted by atomic mass is 10.2. The molecule has 1 saturated heterocycles. The Labute approximate surface area is 47.9 Å². The highest BCUT2D eigenvalue weighted by Gasteiger charge is 2.15. The molecular weight excluding hydrogens is 110 g/mol. The molecule has 0 atom stereocenters. The molecule has 0 saturated carbocycles. The van der Waals surface area contributed by atoms with E-state index in [4.69, 9.17) is 0 Å². The van der Waals surface area contributed by atoms with Gasteiger partial charge in [-0.15, -0.1) is 0 Å². The van der Waals surface area contributed by atoms with Crippen molar-refractivity contribution in [3.63, 3.8) is 0 Å². The van der Waals surface area contributed by atoms with Gasteiger partial charge in [0, 0.05) is 13.1 Å². The monoisotopic (exact) mass is 117 g/mol. The Bertz CT molecular complexity index is 89.7. The van der Waals surface area contributed by atoms with E-state index >= 15 is 0 Å². The van der Waals surface area contributed by atoms with Gasteiger partial charge in [0.15, 0.2) is 0 Å². The van der Waals surface area contributed by atoms with Crippen LogP contribution in [0.3, 0.4) is 0 Å². The van der Waals surface area contributed by atoms with Crippen LogP contribution in [-0.2, 0) is 0 Å². The van der Waals surface area contributed by atoms with Crippen LogP contribution in [0.25, 0.3) is 0 Å². The number of carbonyl (C=O) groups excluding carboxylic acids is 1. The first-order chi connectivity index (χ1) is 3.30. The van der Waals surface area contributed by atoms with Crippen LogP contribution in [0.4, 0.5) is 4.79 Å². The summed E-state index contributed by atoms with van der Waals surface area (Å²) < 4.78 is 0. The van der Waals surface area contributed by atoms with Crippen LogP contribution in [0.5, 0.6) is 0 Å². The van der Waals surface area contributed by atoms with Gasteiger partial charge in [-0.2, -0.15) is 0 Å². The molecule has 0 aromatic heterocycles. The van der Waals surface area contributed by atoms with Crippen LogP contribution in [0, 0.1) is 0 Å². The zero-order valence-electron chi connectivity index (χ0n) is 3.92. The lowest BCUT2D eigenvalue weighted by Gasteiger charge is -2.28. The number of carbonyl (C=O) groups is 1. The predicted octanol–water partition coefficient (Wildman–Crippen LogP) is 0.742. The first kappa shape index (κ1) is 4.97. The Kier molecular flexibility index (Phi) is 1.23. The summed E-state index contributed by atoms with van der Waals surface area (Å²) >= 11 is 3.61. The highest BCUT2D eigenvalue weighted by Crippen LogP contribution is 2.07. The van der Waals surface area contributed by atoms with E-state index in [1.807, 2.05) is 0 Å². The molecule has 0 aromatic carbocycles. The van der Waals surface area contributed by atoms with Crippen LogP contribution in [-0.4, -0.2) is 23.2 Å². The average Bonchev–Trinajstić information content (AvgIpc) is 1.23. The minimum absolute atomic E-state index is 0.0914. The average molecular weight is 117 g/mol. The van der Waals surface area contributed by atoms with Gasteiger partial charge < -0.3 is 4.90 Å². The Morgan fingerprint density at radius 2 is 2.14 bits per heavy atom. The van der Waals surface area contributed by atoms with E-state index in [-0.39, 0.29) is 5.24 Å². The Balaban J connectivity index is 2.27. The molecule has 0 unspecified atom stereocenters. The number of hydrogen-bond acceptors (Lipinski definition) is 1. The zero-order chi connectivity index (χ0) is 5.28. The van der Waals surface area contributed by atoms with Crippen molar-refractivity contribution >= 4 is 17.9 Å². The molecule has 0 aliphatic carbocycles. The molecule has 0 N–H and O–H groups in total. The summed E-state index contributed by atoms with van der Waals surface area (Å²) in [6.07, 6.45) is 1.15. The summed E-state index contributed by atoms with van der Waals surface area (Å²) in [4.78, 5) is 11.9. The molecule has 1 heterocycles. The first-order valence-corrected chi connectivity index (χ1v) is 2.73. The van der Waals surface area contributed by atoms with Crippen molar-refractivity contribution in [3.05, 3.63) is 0 Å². The molecular formula is C4H7NOS. The Hall–Kier alpha value is -0.180. The van der Waals surface area contributed by atoms with Crippen LogP contribution in [0.1, 0.15) is 6.42 Å². The second-order valence-corrected chi connectivity index (χ2v) is 2.01. The van der Waals surface area contributed by atoms with Gasteiger partial charge in [0.05, 0.1) is 0 Å². The quantitative estimate of drug-likeness (QED) is 0.464. The number of rotatable bonds is 0. The molecule has 0 spiro atoms. The third kappa shape index (κ3) is 0.881. The van der Waals surface area contributed by atoms with Crippen molar-refractivity contribution < 1.29 is 4.79 Å². The lowest BCUT2D eigenvalue weighted by Crippen LogP contribution is -2.38. The van der Waals surface area contributed by atoms with Crippen LogP contribution in [0.15, 0.2) is 0 Å². The number of amides is 1. The molecule has 0 aromatic rings. The maximum atomic E-state index is 10.2. The maximum absolute atomic E-state index is 10.2. The second kappa shape index (κ2) is 1.74. The third-order valence-corrected chi connectivity index (χ3v) is 1.41. The van der Waals surface area contributed by atoms with E-state index < -0.39 is 0 Å². The fraction of sp³-hybridized carbons (Fsp3) is 0.750. The summed E-state index contributed by atoms with van der Waals surface area (Å²) in [7, 11) is 0. The van der Waals surface area contributed by atoms with Gasteiger partial charge in [0.1, 0.15) is 0 Å². The van der Waals surface area contributed by atoms with E-state index in [1.165, 1.54) is 0 Å². The van der Waals surface area contributed by atoms with Gasteiger partial charge in [-0.05, 0) is 6.42 Å². The molecule has 7 heavy (non-hydrogen) atoms. The van der Waals surface area contributed by atoms with Gasteiger partial charge in [-0.25, -0.2) is 0 Å². The molecule has 1 fully saturated rings. The van der Waals surface area contributed by atoms with Crippen molar-refractivity contribution in [2.45, 2.75) is 6.42 Å². The third-order valence-electron chi connectivity index (χ3n) is 1.13. The minimum Gasteiger partial charge on any atom is -0.334 e. The Morgan fingerprint density at radius 1 is 1.57 bits per heavy atom. The van der Waals surface area contributed by atoms with Gasteiger partial charge in [-0.3, -0.25) is 4.79 Å². The highest BCUT2D eigenvalue weighted by molar-refractivity contribution is 7.96. The SMILES string of the molecule is O=C(S)N1CCC1. The first-order valence-electron chi connectivity index (χ1n) is 2.28. The normalized spacial score (nSPS) is 18.7. The largest absolute Gasteiger partial charge is 0.334 e. The standard InChI is InChI=1S/C4H7NOS/c6-4(7)5-2-1-3-5/h1-3H2,(H,6,7). The van der Waals surface area contributed by atoms with E-state index in [1.54, 1.807) is 4.90 Å². The number of nitrogens with zero attached hydrogens (tertiary/aromatic N) is 1. The van der Waals surface area contributed by atoms with Gasteiger partial charge in [-0.1, -0.05) is 12.6 Å². The van der Waals surface area contributed by atoms with E-state index in [0.717, 1.165) is 19.5 Å². The molecule has 1 aliphatic heterocycles. The molecule has 2 nitrogen and oxygen atoms in total. The van der Waals surface area contributed by atoms with Crippen molar-refractivity contribution in [1.82, 2.24) is 4.90 Å². The van der Waals surface area contributed by atoms with Crippen molar-refractivity contribution in [3.8, 4) is 0 Å². The van der Waals surface area contributed by atoms with Crippen molar-refractivity contribution in [1.29, 1.82) is 0 Å². The van der Waals surface area contributed by atoms with Crippen LogP contribution < -0.4 is 0 Å². The fourth-order valence-corrected chi connectivity index (χ4v) is 0.708. The van der Waals surface area contributed by atoms with E-state index in [9.17, 15) is 4.79 Å². The van der Waals surface area contributed by atoms with Gasteiger partial charge in [0.2, 0.25) is 0 Å². The van der Waals surface area contributed by atoms with Gasteiger partial charge in [0.25, 0.3) is 5.24 Å². The number of likely N-dealkylation sites (tertiary alicyclic amines) is 1. The molecule has 0 radical (unpaired) electrons. The predicted molar refractivity (Wildman–Crippen MR) is 30.6 cm³/mol. The van der Waals surface area contributed by atoms with Crippen molar-refractivity contribution in [2.24, 2.45) is 0 Å². The highest BCUT2D eigenvalue weighted by atomic mass is 32.1. The fourth-order valence-electron chi connectivity index (χ4n) is 0.508. The summed E-state index contributed by atoms with van der Waals surface area (Å²) in [6.45, 7) is 1.81. The lowest BCUT2D eigenvalue weighted by molar-refractivity contribution is 0.193. The molecule has 1 rings (SSSR count). The molecule has 1 aliphatic rings. The minimum atomic E-state index is -0.0914. The van der Waals surface area contributed by atoms with Crippen LogP contribution >= 0.6 is 12.6 Å². The van der Waals surface area contributed by atoms with E-state index in [2.05, 4.69) is 12.6 Å². The smallest absolute Gasteiger partial charge is 0.278 e. The number of hydrogen-bond donors (Lipinski definition) is 1. The summed E-state index contributed by atoms with van der Waals surface area (Å²) in [5.74, 6) is 0. The molecule has 3 heteroatoms. The molecule has 1 amide bonds. The maximum Gasteiger partial charge on any atom is 0.278 e. The topological polar surface area (TPSA) is 20.3 Å².